The minimum absolute atomic E-state index is 0. The van der Waals surface area contributed by atoms with Gasteiger partial charge in [-0.15, -0.1) is 0 Å². The molecule has 4 heteroatoms. The molecule has 0 aliphatic rings. The molecule has 0 aromatic carbocycles. The Balaban J connectivity index is 0. The molecule has 0 nitrogen and oxygen atoms in total. The van der Waals surface area contributed by atoms with E-state index < -0.39 is 0 Å². The summed E-state index contributed by atoms with van der Waals surface area (Å²) in [5.74, 6) is 0. The Morgan fingerprint density at radius 3 is 1.00 bits per heavy atom. The summed E-state index contributed by atoms with van der Waals surface area (Å²) >= 11 is 0. The van der Waals surface area contributed by atoms with Crippen LogP contribution in [0.15, 0.2) is 0 Å². The number of hydrogen-bond acceptors (Lipinski definition) is 0. The molecule has 0 saturated carbocycles. The fourth-order valence-corrected chi connectivity index (χ4v) is 0. The summed E-state index contributed by atoms with van der Waals surface area (Å²) in [7, 11) is 0. The molecule has 0 aliphatic carbocycles. The zero-order valence-corrected chi connectivity index (χ0v) is 8.77. The van der Waals surface area contributed by atoms with Gasteiger partial charge in [0.05, 0.1) is 0 Å². The van der Waals surface area contributed by atoms with Crippen molar-refractivity contribution in [2.75, 3.05) is 0 Å². The summed E-state index contributed by atoms with van der Waals surface area (Å²) in [6, 6.07) is 0. The molecule has 0 N–H and O–H groups in total. The van der Waals surface area contributed by atoms with Crippen LogP contribution in [-0.4, -0.2) is 17.4 Å². The minimum Gasteiger partial charge on any atom is 0 e. The third-order valence-electron chi connectivity index (χ3n) is 0. The summed E-state index contributed by atoms with van der Waals surface area (Å²) in [5.41, 5.74) is 0. The predicted molar refractivity (Wildman–Crippen MR) is 9.94 cm³/mol. The summed E-state index contributed by atoms with van der Waals surface area (Å²) < 4.78 is 0. The Morgan fingerprint density at radius 1 is 1.00 bits per heavy atom. The number of rotatable bonds is 0. The fourth-order valence-electron chi connectivity index (χ4n) is 0. The van der Waals surface area contributed by atoms with Gasteiger partial charge in [0.2, 0.25) is 0 Å². The molecule has 0 spiro atoms. The molecule has 0 bridgehead atoms. The smallest absolute Gasteiger partial charge is 0 e. The van der Waals surface area contributed by atoms with E-state index in [0.29, 0.717) is 0 Å². The second-order valence-corrected chi connectivity index (χ2v) is 0. The Bertz CT molecular complexity index is 8.00. The molecular formula is H3AlMoNbNd. The van der Waals surface area contributed by atoms with Crippen molar-refractivity contribution in [3.8, 4) is 0 Å². The van der Waals surface area contributed by atoms with Gasteiger partial charge in [-0.3, -0.25) is 0 Å². The van der Waals surface area contributed by atoms with Crippen molar-refractivity contribution in [2.45, 2.75) is 0 Å². The van der Waals surface area contributed by atoms with Crippen LogP contribution in [0.2, 0.25) is 0 Å². The van der Waals surface area contributed by atoms with Crippen LogP contribution in [0.4, 0.5) is 0 Å². The van der Waals surface area contributed by atoms with E-state index in [9.17, 15) is 0 Å². The maximum atomic E-state index is 0. The first kappa shape index (κ1) is 26.6. The molecule has 0 saturated heterocycles. The van der Waals surface area contributed by atoms with Crippen molar-refractivity contribution < 1.29 is 84.3 Å². The van der Waals surface area contributed by atoms with E-state index in [1.54, 1.807) is 0 Å². The molecule has 0 rings (SSSR count). The molecule has 0 aliphatic heterocycles. The zero-order valence-electron chi connectivity index (χ0n) is 1.36. The van der Waals surface area contributed by atoms with Crippen LogP contribution >= 0.6 is 0 Å². The van der Waals surface area contributed by atoms with Gasteiger partial charge in [-0.2, -0.15) is 0 Å². The van der Waals surface area contributed by atoms with Crippen molar-refractivity contribution in [3.05, 3.63) is 0 Å². The quantitative estimate of drug-likeness (QED) is 0.475. The van der Waals surface area contributed by atoms with Crippen molar-refractivity contribution >= 4 is 17.4 Å². The fraction of sp³-hybridized carbons (Fsp3) is 0. The monoisotopic (exact) mass is 363 g/mol. The largest absolute Gasteiger partial charge is 0.187 e. The summed E-state index contributed by atoms with van der Waals surface area (Å²) in [4.78, 5) is 0. The van der Waals surface area contributed by atoms with Crippen molar-refractivity contribution in [2.24, 2.45) is 0 Å². The first-order chi connectivity index (χ1) is 0. The molecule has 4 heavy (non-hydrogen) atoms. The molecule has 0 aromatic heterocycles. The maximum absolute atomic E-state index is 0. The van der Waals surface area contributed by atoms with Crippen molar-refractivity contribution in [3.63, 3.8) is 0 Å². The van der Waals surface area contributed by atoms with Gasteiger partial charge >= 0.3 is 0 Å². The Morgan fingerprint density at radius 2 is 1.00 bits per heavy atom. The SMILES string of the molecule is [AlH3].[Mo].[Nb].[Nd]. The van der Waals surface area contributed by atoms with E-state index in [4.69, 9.17) is 0 Å². The standard InChI is InChI=1S/Al.Mo.Nb.Nd.3H. The zero-order chi connectivity index (χ0) is 0. The Hall–Kier alpha value is 3.31. The number of hydrogen-bond donors (Lipinski definition) is 0. The summed E-state index contributed by atoms with van der Waals surface area (Å²) in [5, 5.41) is 0. The van der Waals surface area contributed by atoms with Crippen LogP contribution < -0.4 is 0 Å². The van der Waals surface area contributed by atoms with Crippen molar-refractivity contribution in [1.82, 2.24) is 0 Å². The van der Waals surface area contributed by atoms with Gasteiger partial charge in [0.25, 0.3) is 0 Å². The first-order valence-electron chi connectivity index (χ1n) is 0. The third-order valence-corrected chi connectivity index (χ3v) is 0. The topological polar surface area (TPSA) is 0 Å². The van der Waals surface area contributed by atoms with Gasteiger partial charge in [-0.1, -0.05) is 0 Å². The predicted octanol–water partition coefficient (Wildman–Crippen LogP) is -1.19. The molecule has 0 fully saturated rings. The van der Waals surface area contributed by atoms with Crippen molar-refractivity contribution in [1.29, 1.82) is 0 Å². The van der Waals surface area contributed by atoms with Crippen LogP contribution in [0.3, 0.4) is 0 Å². The van der Waals surface area contributed by atoms with Gasteiger partial charge in [0.15, 0.2) is 17.4 Å². The minimum atomic E-state index is 0. The summed E-state index contributed by atoms with van der Waals surface area (Å²) in [6.45, 7) is 0. The Labute approximate surface area is 99.3 Å². The van der Waals surface area contributed by atoms with E-state index >= 15 is 0 Å². The van der Waals surface area contributed by atoms with E-state index in [0.717, 1.165) is 0 Å². The molecular weight excluding hydrogens is 360 g/mol. The Kier molecular flexibility index (Phi) is 108. The molecule has 0 amide bonds. The van der Waals surface area contributed by atoms with Gasteiger partial charge < -0.3 is 0 Å². The molecule has 0 unspecified atom stereocenters. The van der Waals surface area contributed by atoms with Crippen LogP contribution in [0.1, 0.15) is 0 Å². The van der Waals surface area contributed by atoms with Crippen LogP contribution in [-0.2, 0) is 43.4 Å². The second-order valence-electron chi connectivity index (χ2n) is 0. The van der Waals surface area contributed by atoms with Crippen LogP contribution in [0.25, 0.3) is 0 Å². The molecule has 0 heterocycles. The average Bonchev–Trinajstić information content (AvgIpc) is 0. The van der Waals surface area contributed by atoms with E-state index in [-0.39, 0.29) is 102 Å². The molecule has 1 radical (unpaired) electrons. The van der Waals surface area contributed by atoms with Gasteiger partial charge in [-0.25, -0.2) is 0 Å². The average molecular weight is 363 g/mol. The van der Waals surface area contributed by atoms with Gasteiger partial charge in [0, 0.05) is 84.3 Å². The van der Waals surface area contributed by atoms with Gasteiger partial charge in [0.1, 0.15) is 0 Å². The normalized spacial score (nSPS) is 0. The summed E-state index contributed by atoms with van der Waals surface area (Å²) in [6.07, 6.45) is 0. The van der Waals surface area contributed by atoms with Gasteiger partial charge in [-0.05, 0) is 0 Å². The molecule has 0 atom stereocenters. The van der Waals surface area contributed by atoms with E-state index in [1.165, 1.54) is 0 Å². The van der Waals surface area contributed by atoms with Crippen LogP contribution in [0.5, 0.6) is 0 Å². The first-order valence-corrected chi connectivity index (χ1v) is 0. The third kappa shape index (κ3) is 9.00. The van der Waals surface area contributed by atoms with E-state index in [2.05, 4.69) is 0 Å². The van der Waals surface area contributed by atoms with Crippen LogP contribution in [0, 0.1) is 40.8 Å². The van der Waals surface area contributed by atoms with E-state index in [1.807, 2.05) is 0 Å². The molecule has 0 aromatic rings. The maximum Gasteiger partial charge on any atom is 0.187 e. The molecule has 21 valence electrons. The second kappa shape index (κ2) is 16.2.